The lowest BCUT2D eigenvalue weighted by molar-refractivity contribution is -0.126. The minimum absolute atomic E-state index is 0.132. The summed E-state index contributed by atoms with van der Waals surface area (Å²) in [6.45, 7) is 0.501. The van der Waals surface area contributed by atoms with Crippen molar-refractivity contribution in [2.75, 3.05) is 6.54 Å². The molecule has 1 aliphatic carbocycles. The monoisotopic (exact) mass is 322 g/mol. The van der Waals surface area contributed by atoms with E-state index in [1.165, 1.54) is 5.56 Å². The van der Waals surface area contributed by atoms with Crippen LogP contribution in [-0.4, -0.2) is 12.5 Å². The molecular formula is C21H26N2O. The average Bonchev–Trinajstić information content (AvgIpc) is 2.67. The molecule has 1 amide bonds. The number of rotatable bonds is 5. The van der Waals surface area contributed by atoms with Gasteiger partial charge in [0.1, 0.15) is 0 Å². The Bertz CT molecular complexity index is 633. The molecule has 3 heteroatoms. The van der Waals surface area contributed by atoms with Crippen LogP contribution in [0.2, 0.25) is 0 Å². The molecule has 3 rings (SSSR count). The molecule has 2 aromatic carbocycles. The highest BCUT2D eigenvalue weighted by Gasteiger charge is 2.27. The van der Waals surface area contributed by atoms with Gasteiger partial charge in [0.2, 0.25) is 5.91 Å². The first kappa shape index (κ1) is 16.7. The molecule has 1 saturated carbocycles. The second-order valence-electron chi connectivity index (χ2n) is 6.72. The van der Waals surface area contributed by atoms with Gasteiger partial charge in [-0.15, -0.1) is 0 Å². The molecule has 1 unspecified atom stereocenters. The quantitative estimate of drug-likeness (QED) is 0.880. The van der Waals surface area contributed by atoms with E-state index >= 15 is 0 Å². The van der Waals surface area contributed by atoms with Crippen LogP contribution in [0.15, 0.2) is 60.7 Å². The maximum absolute atomic E-state index is 12.4. The molecule has 1 fully saturated rings. The predicted molar refractivity (Wildman–Crippen MR) is 97.5 cm³/mol. The van der Waals surface area contributed by atoms with E-state index in [0.29, 0.717) is 12.5 Å². The largest absolute Gasteiger partial charge is 0.354 e. The van der Waals surface area contributed by atoms with Gasteiger partial charge in [-0.05, 0) is 42.7 Å². The Morgan fingerprint density at radius 1 is 0.958 bits per heavy atom. The maximum atomic E-state index is 12.4. The normalized spacial score (nSPS) is 21.9. The van der Waals surface area contributed by atoms with Crippen LogP contribution in [0.1, 0.15) is 48.8 Å². The second kappa shape index (κ2) is 8.11. The number of amides is 1. The van der Waals surface area contributed by atoms with Crippen LogP contribution in [0.25, 0.3) is 0 Å². The second-order valence-corrected chi connectivity index (χ2v) is 6.72. The number of benzene rings is 2. The van der Waals surface area contributed by atoms with Crippen LogP contribution in [0.5, 0.6) is 0 Å². The van der Waals surface area contributed by atoms with Crippen molar-refractivity contribution < 1.29 is 4.79 Å². The fraction of sp³-hybridized carbons (Fsp3) is 0.381. The highest BCUT2D eigenvalue weighted by atomic mass is 16.1. The van der Waals surface area contributed by atoms with E-state index in [0.717, 1.165) is 31.2 Å². The van der Waals surface area contributed by atoms with Crippen LogP contribution in [-0.2, 0) is 4.79 Å². The molecule has 0 spiro atoms. The van der Waals surface area contributed by atoms with Crippen molar-refractivity contribution in [2.24, 2.45) is 11.7 Å². The summed E-state index contributed by atoms with van der Waals surface area (Å²) < 4.78 is 0. The maximum Gasteiger partial charge on any atom is 0.223 e. The number of nitrogens with one attached hydrogen (secondary N) is 1. The van der Waals surface area contributed by atoms with Crippen molar-refractivity contribution in [1.29, 1.82) is 0 Å². The summed E-state index contributed by atoms with van der Waals surface area (Å²) in [5.74, 6) is 0.891. The molecule has 0 aromatic heterocycles. The van der Waals surface area contributed by atoms with Crippen LogP contribution in [0, 0.1) is 5.92 Å². The van der Waals surface area contributed by atoms with Crippen molar-refractivity contribution >= 4 is 5.91 Å². The third-order valence-corrected chi connectivity index (χ3v) is 5.09. The third kappa shape index (κ3) is 4.24. The zero-order chi connectivity index (χ0) is 16.8. The van der Waals surface area contributed by atoms with E-state index in [1.54, 1.807) is 0 Å². The first-order chi connectivity index (χ1) is 11.7. The van der Waals surface area contributed by atoms with Gasteiger partial charge in [-0.25, -0.2) is 0 Å². The van der Waals surface area contributed by atoms with Crippen LogP contribution < -0.4 is 11.1 Å². The topological polar surface area (TPSA) is 55.1 Å². The van der Waals surface area contributed by atoms with E-state index in [4.69, 9.17) is 5.73 Å². The van der Waals surface area contributed by atoms with Gasteiger partial charge >= 0.3 is 0 Å². The van der Waals surface area contributed by atoms with Crippen LogP contribution in [0.3, 0.4) is 0 Å². The summed E-state index contributed by atoms with van der Waals surface area (Å²) in [7, 11) is 0. The molecule has 0 radical (unpaired) electrons. The smallest absolute Gasteiger partial charge is 0.223 e. The summed E-state index contributed by atoms with van der Waals surface area (Å²) >= 11 is 0. The average molecular weight is 322 g/mol. The lowest BCUT2D eigenvalue weighted by Gasteiger charge is -2.28. The van der Waals surface area contributed by atoms with Gasteiger partial charge < -0.3 is 11.1 Å². The van der Waals surface area contributed by atoms with Gasteiger partial charge in [0.15, 0.2) is 0 Å². The van der Waals surface area contributed by atoms with Gasteiger partial charge in [-0.3, -0.25) is 4.79 Å². The van der Waals surface area contributed by atoms with E-state index in [9.17, 15) is 4.79 Å². The lowest BCUT2D eigenvalue weighted by atomic mass is 9.78. The van der Waals surface area contributed by atoms with Gasteiger partial charge in [-0.1, -0.05) is 60.7 Å². The van der Waals surface area contributed by atoms with Crippen molar-refractivity contribution in [2.45, 2.75) is 37.6 Å². The standard InChI is InChI=1S/C21H26N2O/c22-20(18-9-5-2-6-10-18)15-23-21(24)19-13-11-17(12-14-19)16-7-3-1-4-8-16/h1-10,17,19-20H,11-15,22H2,(H,23,24). The van der Waals surface area contributed by atoms with E-state index < -0.39 is 0 Å². The van der Waals surface area contributed by atoms with Crippen molar-refractivity contribution in [3.63, 3.8) is 0 Å². The Hall–Kier alpha value is -2.13. The fourth-order valence-electron chi connectivity index (χ4n) is 3.59. The molecule has 126 valence electrons. The molecule has 0 saturated heterocycles. The predicted octanol–water partition coefficient (Wildman–Crippen LogP) is 3.78. The zero-order valence-corrected chi connectivity index (χ0v) is 14.0. The van der Waals surface area contributed by atoms with Gasteiger partial charge in [0, 0.05) is 18.5 Å². The molecule has 1 aliphatic rings. The van der Waals surface area contributed by atoms with E-state index in [-0.39, 0.29) is 17.9 Å². The number of hydrogen-bond acceptors (Lipinski definition) is 2. The fourth-order valence-corrected chi connectivity index (χ4v) is 3.59. The van der Waals surface area contributed by atoms with Gasteiger partial charge in [0.05, 0.1) is 0 Å². The Morgan fingerprint density at radius 3 is 2.17 bits per heavy atom. The summed E-state index contributed by atoms with van der Waals surface area (Å²) in [5.41, 5.74) is 8.62. The van der Waals surface area contributed by atoms with Crippen molar-refractivity contribution in [3.05, 3.63) is 71.8 Å². The van der Waals surface area contributed by atoms with E-state index in [2.05, 4.69) is 35.6 Å². The van der Waals surface area contributed by atoms with Crippen molar-refractivity contribution in [3.8, 4) is 0 Å². The molecule has 3 N–H and O–H groups in total. The number of carbonyl (C=O) groups excluding carboxylic acids is 1. The van der Waals surface area contributed by atoms with Crippen LogP contribution >= 0.6 is 0 Å². The summed E-state index contributed by atoms with van der Waals surface area (Å²) in [4.78, 5) is 12.4. The number of nitrogens with two attached hydrogens (primary N) is 1. The zero-order valence-electron chi connectivity index (χ0n) is 14.0. The number of hydrogen-bond donors (Lipinski definition) is 2. The van der Waals surface area contributed by atoms with Crippen molar-refractivity contribution in [1.82, 2.24) is 5.32 Å². The molecule has 0 bridgehead atoms. The summed E-state index contributed by atoms with van der Waals surface area (Å²) in [5, 5.41) is 3.04. The van der Waals surface area contributed by atoms with Crippen LogP contribution in [0.4, 0.5) is 0 Å². The summed E-state index contributed by atoms with van der Waals surface area (Å²) in [6, 6.07) is 20.4. The molecule has 24 heavy (non-hydrogen) atoms. The molecular weight excluding hydrogens is 296 g/mol. The first-order valence-electron chi connectivity index (χ1n) is 8.87. The Kier molecular flexibility index (Phi) is 5.65. The number of carbonyl (C=O) groups is 1. The molecule has 1 atom stereocenters. The summed E-state index contributed by atoms with van der Waals surface area (Å²) in [6.07, 6.45) is 4.11. The van der Waals surface area contributed by atoms with Gasteiger partial charge in [-0.2, -0.15) is 0 Å². The highest BCUT2D eigenvalue weighted by molar-refractivity contribution is 5.78. The third-order valence-electron chi connectivity index (χ3n) is 5.09. The minimum Gasteiger partial charge on any atom is -0.354 e. The SMILES string of the molecule is NC(CNC(=O)C1CCC(c2ccccc2)CC1)c1ccccc1. The Morgan fingerprint density at radius 2 is 1.54 bits per heavy atom. The molecule has 3 nitrogen and oxygen atoms in total. The van der Waals surface area contributed by atoms with Gasteiger partial charge in [0.25, 0.3) is 0 Å². The van der Waals surface area contributed by atoms with E-state index in [1.807, 2.05) is 30.3 Å². The Labute approximate surface area is 144 Å². The first-order valence-corrected chi connectivity index (χ1v) is 8.87. The molecule has 0 aliphatic heterocycles. The minimum atomic E-state index is -0.143. The Balaban J connectivity index is 1.45. The highest BCUT2D eigenvalue weighted by Crippen LogP contribution is 2.35. The molecule has 2 aromatic rings. The molecule has 0 heterocycles. The lowest BCUT2D eigenvalue weighted by Crippen LogP contribution is -2.37.